The molecule has 66 valence electrons. The fourth-order valence-corrected chi connectivity index (χ4v) is 1.77. The highest BCUT2D eigenvalue weighted by molar-refractivity contribution is 4.88. The lowest BCUT2D eigenvalue weighted by Gasteiger charge is -2.46. The van der Waals surface area contributed by atoms with Crippen LogP contribution in [0.5, 0.6) is 0 Å². The van der Waals surface area contributed by atoms with Crippen molar-refractivity contribution in [3.05, 3.63) is 0 Å². The molecule has 2 heteroatoms. The van der Waals surface area contributed by atoms with Crippen LogP contribution in [0, 0.1) is 5.41 Å². The minimum atomic E-state index is 0.577. The second-order valence-corrected chi connectivity index (χ2v) is 4.52. The van der Waals surface area contributed by atoms with Crippen LogP contribution in [0.3, 0.4) is 0 Å². The highest BCUT2D eigenvalue weighted by atomic mass is 15.2. The van der Waals surface area contributed by atoms with Crippen molar-refractivity contribution in [2.45, 2.75) is 26.8 Å². The van der Waals surface area contributed by atoms with E-state index in [0.717, 1.165) is 0 Å². The highest BCUT2D eigenvalue weighted by Gasteiger charge is 2.33. The number of nitrogens with zero attached hydrogens (tertiary/aromatic N) is 1. The summed E-state index contributed by atoms with van der Waals surface area (Å²) in [6, 6.07) is 0.631. The van der Waals surface area contributed by atoms with Gasteiger partial charge in [-0.05, 0) is 19.4 Å². The molecule has 1 rings (SSSR count). The molecule has 1 N–H and O–H groups in total. The summed E-state index contributed by atoms with van der Waals surface area (Å²) in [6.07, 6.45) is 0. The van der Waals surface area contributed by atoms with E-state index in [2.05, 4.69) is 31.0 Å². The Labute approximate surface area is 70.0 Å². The molecule has 0 radical (unpaired) electrons. The van der Waals surface area contributed by atoms with E-state index in [1.807, 2.05) is 7.05 Å². The first-order chi connectivity index (χ1) is 5.03. The van der Waals surface area contributed by atoms with Gasteiger partial charge in [0.15, 0.2) is 0 Å². The van der Waals surface area contributed by atoms with Gasteiger partial charge < -0.3 is 10.2 Å². The number of likely N-dealkylation sites (tertiary alicyclic amines) is 1. The Morgan fingerprint density at radius 1 is 1.45 bits per heavy atom. The summed E-state index contributed by atoms with van der Waals surface area (Å²) in [6.45, 7) is 10.6. The molecule has 0 aliphatic carbocycles. The predicted octanol–water partition coefficient (Wildman–Crippen LogP) is 0.936. The Balaban J connectivity index is 2.13. The van der Waals surface area contributed by atoms with E-state index in [0.29, 0.717) is 11.5 Å². The maximum atomic E-state index is 3.25. The van der Waals surface area contributed by atoms with Crippen molar-refractivity contribution in [2.75, 3.05) is 26.7 Å². The van der Waals surface area contributed by atoms with E-state index in [1.54, 1.807) is 0 Å². The number of likely N-dealkylation sites (N-methyl/N-ethyl adjacent to an activating group) is 1. The van der Waals surface area contributed by atoms with Crippen LogP contribution in [-0.2, 0) is 0 Å². The molecule has 0 spiro atoms. The van der Waals surface area contributed by atoms with E-state index in [4.69, 9.17) is 0 Å². The van der Waals surface area contributed by atoms with Gasteiger partial charge in [0.25, 0.3) is 0 Å². The maximum absolute atomic E-state index is 3.25. The lowest BCUT2D eigenvalue weighted by molar-refractivity contribution is 0.0256. The van der Waals surface area contributed by atoms with E-state index >= 15 is 0 Å². The van der Waals surface area contributed by atoms with E-state index in [1.165, 1.54) is 19.6 Å². The number of hydrogen-bond acceptors (Lipinski definition) is 2. The van der Waals surface area contributed by atoms with Crippen molar-refractivity contribution in [3.8, 4) is 0 Å². The van der Waals surface area contributed by atoms with Crippen molar-refractivity contribution < 1.29 is 0 Å². The molecule has 1 heterocycles. The van der Waals surface area contributed by atoms with Crippen LogP contribution >= 0.6 is 0 Å². The van der Waals surface area contributed by atoms with Gasteiger partial charge in [0.1, 0.15) is 0 Å². The van der Waals surface area contributed by atoms with Crippen LogP contribution in [0.1, 0.15) is 20.8 Å². The molecule has 0 aromatic carbocycles. The third-order valence-corrected chi connectivity index (χ3v) is 2.33. The molecule has 0 aromatic rings. The van der Waals surface area contributed by atoms with Crippen molar-refractivity contribution >= 4 is 0 Å². The van der Waals surface area contributed by atoms with Crippen molar-refractivity contribution in [3.63, 3.8) is 0 Å². The zero-order chi connectivity index (χ0) is 8.48. The zero-order valence-electron chi connectivity index (χ0n) is 8.15. The SMILES string of the molecule is CNC(C)CN1CC(C)(C)C1. The Morgan fingerprint density at radius 3 is 2.36 bits per heavy atom. The Kier molecular flexibility index (Phi) is 2.55. The molecule has 11 heavy (non-hydrogen) atoms. The fourth-order valence-electron chi connectivity index (χ4n) is 1.77. The van der Waals surface area contributed by atoms with Gasteiger partial charge in [-0.1, -0.05) is 13.8 Å². The zero-order valence-corrected chi connectivity index (χ0v) is 8.15. The standard InChI is InChI=1S/C9H20N2/c1-8(10-4)5-11-6-9(2,3)7-11/h8,10H,5-7H2,1-4H3. The first-order valence-corrected chi connectivity index (χ1v) is 4.43. The molecular formula is C9H20N2. The molecule has 0 saturated carbocycles. The molecule has 0 amide bonds. The van der Waals surface area contributed by atoms with Gasteiger partial charge in [0.2, 0.25) is 0 Å². The second kappa shape index (κ2) is 3.11. The summed E-state index contributed by atoms with van der Waals surface area (Å²) in [5.74, 6) is 0. The van der Waals surface area contributed by atoms with Crippen LogP contribution in [0.15, 0.2) is 0 Å². The summed E-state index contributed by atoms with van der Waals surface area (Å²) < 4.78 is 0. The maximum Gasteiger partial charge on any atom is 0.0163 e. The van der Waals surface area contributed by atoms with Gasteiger partial charge in [-0.15, -0.1) is 0 Å². The van der Waals surface area contributed by atoms with Crippen molar-refractivity contribution in [1.29, 1.82) is 0 Å². The molecule has 1 aliphatic heterocycles. The van der Waals surface area contributed by atoms with E-state index < -0.39 is 0 Å². The largest absolute Gasteiger partial charge is 0.316 e. The fraction of sp³-hybridized carbons (Fsp3) is 1.00. The number of rotatable bonds is 3. The lowest BCUT2D eigenvalue weighted by Crippen LogP contribution is -2.55. The Hall–Kier alpha value is -0.0800. The second-order valence-electron chi connectivity index (χ2n) is 4.52. The number of nitrogens with one attached hydrogen (secondary N) is 1. The molecule has 0 aromatic heterocycles. The lowest BCUT2D eigenvalue weighted by atomic mass is 9.84. The molecule has 1 unspecified atom stereocenters. The molecular weight excluding hydrogens is 136 g/mol. The van der Waals surface area contributed by atoms with Gasteiger partial charge in [0, 0.05) is 25.7 Å². The Bertz CT molecular complexity index is 124. The molecule has 2 nitrogen and oxygen atoms in total. The third-order valence-electron chi connectivity index (χ3n) is 2.33. The molecule has 1 aliphatic rings. The first kappa shape index (κ1) is 9.01. The van der Waals surface area contributed by atoms with Crippen LogP contribution in [0.2, 0.25) is 0 Å². The number of hydrogen-bond donors (Lipinski definition) is 1. The average molecular weight is 156 g/mol. The normalized spacial score (nSPS) is 26.2. The molecule has 1 fully saturated rings. The van der Waals surface area contributed by atoms with Gasteiger partial charge in [-0.25, -0.2) is 0 Å². The van der Waals surface area contributed by atoms with Gasteiger partial charge in [-0.2, -0.15) is 0 Å². The van der Waals surface area contributed by atoms with Crippen LogP contribution < -0.4 is 5.32 Å². The summed E-state index contributed by atoms with van der Waals surface area (Å²) in [7, 11) is 2.02. The topological polar surface area (TPSA) is 15.3 Å². The molecule has 1 saturated heterocycles. The summed E-state index contributed by atoms with van der Waals surface area (Å²) in [5.41, 5.74) is 0.577. The monoisotopic (exact) mass is 156 g/mol. The highest BCUT2D eigenvalue weighted by Crippen LogP contribution is 2.28. The van der Waals surface area contributed by atoms with Crippen molar-refractivity contribution in [2.24, 2.45) is 5.41 Å². The van der Waals surface area contributed by atoms with Gasteiger partial charge in [0.05, 0.1) is 0 Å². The smallest absolute Gasteiger partial charge is 0.0163 e. The molecule has 1 atom stereocenters. The van der Waals surface area contributed by atoms with Crippen LogP contribution in [0.4, 0.5) is 0 Å². The van der Waals surface area contributed by atoms with Crippen molar-refractivity contribution in [1.82, 2.24) is 10.2 Å². The summed E-state index contributed by atoms with van der Waals surface area (Å²) in [4.78, 5) is 2.50. The summed E-state index contributed by atoms with van der Waals surface area (Å²) >= 11 is 0. The van der Waals surface area contributed by atoms with Crippen LogP contribution in [-0.4, -0.2) is 37.6 Å². The quantitative estimate of drug-likeness (QED) is 0.654. The minimum Gasteiger partial charge on any atom is -0.316 e. The minimum absolute atomic E-state index is 0.577. The van der Waals surface area contributed by atoms with E-state index in [-0.39, 0.29) is 0 Å². The average Bonchev–Trinajstić information content (AvgIpc) is 1.83. The first-order valence-electron chi connectivity index (χ1n) is 4.43. The molecule has 0 bridgehead atoms. The van der Waals surface area contributed by atoms with Gasteiger partial charge >= 0.3 is 0 Å². The van der Waals surface area contributed by atoms with E-state index in [9.17, 15) is 0 Å². The summed E-state index contributed by atoms with van der Waals surface area (Å²) in [5, 5.41) is 3.25. The Morgan fingerprint density at radius 2 is 2.00 bits per heavy atom. The third kappa shape index (κ3) is 2.46. The predicted molar refractivity (Wildman–Crippen MR) is 48.7 cm³/mol. The van der Waals surface area contributed by atoms with Gasteiger partial charge in [-0.3, -0.25) is 0 Å². The van der Waals surface area contributed by atoms with Crippen LogP contribution in [0.25, 0.3) is 0 Å².